The summed E-state index contributed by atoms with van der Waals surface area (Å²) in [4.78, 5) is 27.3. The number of fused-ring (bicyclic) bond motifs is 4. The van der Waals surface area contributed by atoms with Gasteiger partial charge in [0.1, 0.15) is 0 Å². The molecule has 0 unspecified atom stereocenters. The van der Waals surface area contributed by atoms with Gasteiger partial charge in [0.25, 0.3) is 0 Å². The summed E-state index contributed by atoms with van der Waals surface area (Å²) in [5.74, 6) is -0.146. The largest absolute Gasteiger partial charge is 0.289 e. The van der Waals surface area contributed by atoms with Crippen LogP contribution in [-0.4, -0.2) is 27.7 Å². The number of rotatable bonds is 2. The van der Waals surface area contributed by atoms with E-state index in [1.807, 2.05) is 24.3 Å². The number of benzene rings is 4. The van der Waals surface area contributed by atoms with Crippen molar-refractivity contribution in [3.05, 3.63) is 79.7 Å². The van der Waals surface area contributed by atoms with Gasteiger partial charge in [-0.15, -0.1) is 0 Å². The molecule has 4 aromatic carbocycles. The summed E-state index contributed by atoms with van der Waals surface area (Å²) in [7, 11) is -3.15. The Morgan fingerprint density at radius 3 is 1.00 bits per heavy atom. The van der Waals surface area contributed by atoms with Gasteiger partial charge in [-0.2, -0.15) is 0 Å². The maximum absolute atomic E-state index is 13.6. The molecule has 1 aliphatic rings. The Balaban J connectivity index is 1.73. The van der Waals surface area contributed by atoms with Crippen LogP contribution in [0.2, 0.25) is 39.3 Å². The molecule has 1 aliphatic carbocycles. The summed E-state index contributed by atoms with van der Waals surface area (Å²) >= 11 is 7.48. The maximum Gasteiger partial charge on any atom is 0.194 e. The maximum atomic E-state index is 13.6. The summed E-state index contributed by atoms with van der Waals surface area (Å²) < 4.78 is 2.15. The van der Waals surface area contributed by atoms with Gasteiger partial charge >= 0.3 is 0 Å². The number of hydrogen-bond acceptors (Lipinski definition) is 2. The van der Waals surface area contributed by atoms with E-state index in [1.165, 1.54) is 10.4 Å². The number of ketones is 2. The summed E-state index contributed by atoms with van der Waals surface area (Å²) in [6, 6.07) is 16.2. The van der Waals surface area contributed by atoms with Gasteiger partial charge in [-0.1, -0.05) is 83.3 Å². The second-order valence-corrected chi connectivity index (χ2v) is 23.1. The van der Waals surface area contributed by atoms with E-state index in [0.29, 0.717) is 22.3 Å². The second-order valence-electron chi connectivity index (χ2n) is 11.3. The third-order valence-corrected chi connectivity index (χ3v) is 12.8. The number of hydrogen-bond donors (Lipinski definition) is 0. The van der Waals surface area contributed by atoms with Gasteiger partial charge < -0.3 is 0 Å². The topological polar surface area (TPSA) is 34.1 Å². The molecule has 0 N–H and O–H groups in total. The fraction of sp³-hybridized carbons (Fsp3) is 0.214. The molecule has 0 radical (unpaired) electrons. The molecule has 172 valence electrons. The molecule has 34 heavy (non-hydrogen) atoms. The molecule has 0 aliphatic heterocycles. The van der Waals surface area contributed by atoms with Crippen molar-refractivity contribution in [2.45, 2.75) is 39.3 Å². The summed E-state index contributed by atoms with van der Waals surface area (Å²) in [5.41, 5.74) is 2.01. The highest BCUT2D eigenvalue weighted by atomic mass is 79.9. The highest BCUT2D eigenvalue weighted by Crippen LogP contribution is 2.34. The van der Waals surface area contributed by atoms with Crippen molar-refractivity contribution in [1.29, 1.82) is 0 Å². The summed E-state index contributed by atoms with van der Waals surface area (Å²) in [5, 5.41) is 6.58. The van der Waals surface area contributed by atoms with Crippen LogP contribution in [0.15, 0.2) is 57.5 Å². The predicted octanol–water partition coefficient (Wildman–Crippen LogP) is 7.38. The molecule has 0 bridgehead atoms. The quantitative estimate of drug-likeness (QED) is 0.196. The van der Waals surface area contributed by atoms with E-state index in [1.54, 1.807) is 0 Å². The van der Waals surface area contributed by atoms with Gasteiger partial charge in [0.2, 0.25) is 0 Å². The minimum atomic E-state index is -1.57. The van der Waals surface area contributed by atoms with Gasteiger partial charge in [0.05, 0.1) is 16.1 Å². The predicted molar refractivity (Wildman–Crippen MR) is 156 cm³/mol. The smallest absolute Gasteiger partial charge is 0.194 e. The Bertz CT molecular complexity index is 1460. The summed E-state index contributed by atoms with van der Waals surface area (Å²) in [6.07, 6.45) is 0. The standard InChI is InChI=1S/C28H26Br2O2Si2/c1-33(2,3)25-13-17-9-21-19(7-15(17)11-23(25)29)28(32)22-10-18-14-26(34(4,5)6)24(30)12-16(18)8-20(22)27(21)31/h7-14H,1-6H3. The molecule has 0 spiro atoms. The molecule has 0 saturated heterocycles. The van der Waals surface area contributed by atoms with Crippen molar-refractivity contribution in [2.24, 2.45) is 0 Å². The van der Waals surface area contributed by atoms with Crippen LogP contribution in [0, 0.1) is 0 Å². The molecular formula is C28H26Br2O2Si2. The van der Waals surface area contributed by atoms with E-state index in [9.17, 15) is 9.59 Å². The minimum absolute atomic E-state index is 0.0729. The third kappa shape index (κ3) is 3.79. The zero-order valence-electron chi connectivity index (χ0n) is 20.2. The van der Waals surface area contributed by atoms with Crippen molar-refractivity contribution in [3.63, 3.8) is 0 Å². The molecule has 0 heterocycles. The monoisotopic (exact) mass is 608 g/mol. The molecule has 4 aromatic rings. The Morgan fingerprint density at radius 2 is 0.735 bits per heavy atom. The molecule has 0 fully saturated rings. The zero-order valence-corrected chi connectivity index (χ0v) is 25.4. The average molecular weight is 610 g/mol. The SMILES string of the molecule is C[Si](C)(C)c1cc2cc3c(cc2cc1Br)C(=O)c1cc2cc([Si](C)(C)C)c(Br)cc2cc1C3=O. The lowest BCUT2D eigenvalue weighted by Crippen LogP contribution is -2.38. The normalized spacial score (nSPS) is 14.0. The van der Waals surface area contributed by atoms with Crippen molar-refractivity contribution in [1.82, 2.24) is 0 Å². The molecular weight excluding hydrogens is 584 g/mol. The van der Waals surface area contributed by atoms with Crippen molar-refractivity contribution >= 4 is 91.5 Å². The Morgan fingerprint density at radius 1 is 0.471 bits per heavy atom. The van der Waals surface area contributed by atoms with Crippen molar-refractivity contribution < 1.29 is 9.59 Å². The second kappa shape index (κ2) is 7.82. The fourth-order valence-corrected chi connectivity index (χ4v) is 11.9. The van der Waals surface area contributed by atoms with E-state index in [4.69, 9.17) is 0 Å². The molecule has 6 heteroatoms. The van der Waals surface area contributed by atoms with Crippen LogP contribution in [0.4, 0.5) is 0 Å². The van der Waals surface area contributed by atoms with Gasteiger partial charge in [-0.25, -0.2) is 0 Å². The van der Waals surface area contributed by atoms with Crippen molar-refractivity contribution in [2.75, 3.05) is 0 Å². The highest BCUT2D eigenvalue weighted by molar-refractivity contribution is 9.11. The Labute approximate surface area is 219 Å². The molecule has 0 amide bonds. The van der Waals surface area contributed by atoms with Crippen LogP contribution in [0.1, 0.15) is 31.8 Å². The van der Waals surface area contributed by atoms with Crippen LogP contribution in [-0.2, 0) is 0 Å². The van der Waals surface area contributed by atoms with Gasteiger partial charge in [-0.3, -0.25) is 9.59 Å². The van der Waals surface area contributed by atoms with Gasteiger partial charge in [-0.05, 0) is 68.3 Å². The van der Waals surface area contributed by atoms with Gasteiger partial charge in [0, 0.05) is 31.2 Å². The first-order chi connectivity index (χ1) is 15.8. The number of carbonyl (C=O) groups is 2. The average Bonchev–Trinajstić information content (AvgIpc) is 2.73. The first kappa shape index (κ1) is 23.9. The van der Waals surface area contributed by atoms with Crippen LogP contribution in [0.3, 0.4) is 0 Å². The van der Waals surface area contributed by atoms with E-state index in [0.717, 1.165) is 30.5 Å². The van der Waals surface area contributed by atoms with Crippen LogP contribution < -0.4 is 10.4 Å². The lowest BCUT2D eigenvalue weighted by atomic mass is 9.81. The minimum Gasteiger partial charge on any atom is -0.289 e. The van der Waals surface area contributed by atoms with Crippen LogP contribution in [0.5, 0.6) is 0 Å². The van der Waals surface area contributed by atoms with Crippen LogP contribution in [0.25, 0.3) is 21.5 Å². The lowest BCUT2D eigenvalue weighted by molar-refractivity contribution is 0.0979. The van der Waals surface area contributed by atoms with Crippen molar-refractivity contribution in [3.8, 4) is 0 Å². The molecule has 2 nitrogen and oxygen atoms in total. The fourth-order valence-electron chi connectivity index (χ4n) is 4.83. The molecule has 0 aromatic heterocycles. The van der Waals surface area contributed by atoms with E-state index < -0.39 is 16.1 Å². The van der Waals surface area contributed by atoms with E-state index >= 15 is 0 Å². The Kier molecular flexibility index (Phi) is 5.49. The molecule has 5 rings (SSSR count). The Hall–Kier alpha value is -1.87. The lowest BCUT2D eigenvalue weighted by Gasteiger charge is -2.23. The van der Waals surface area contributed by atoms with E-state index in [-0.39, 0.29) is 11.6 Å². The van der Waals surface area contributed by atoms with Crippen LogP contribution >= 0.6 is 31.9 Å². The zero-order chi connectivity index (χ0) is 24.7. The molecule has 0 saturated carbocycles. The van der Waals surface area contributed by atoms with E-state index in [2.05, 4.69) is 95.4 Å². The molecule has 0 atom stereocenters. The summed E-state index contributed by atoms with van der Waals surface area (Å²) in [6.45, 7) is 13.8. The first-order valence-corrected chi connectivity index (χ1v) is 20.0. The van der Waals surface area contributed by atoms with Gasteiger partial charge in [0.15, 0.2) is 11.6 Å². The number of halogens is 2. The first-order valence-electron chi connectivity index (χ1n) is 11.4. The third-order valence-electron chi connectivity index (χ3n) is 6.72. The highest BCUT2D eigenvalue weighted by Gasteiger charge is 2.31. The number of carbonyl (C=O) groups excluding carboxylic acids is 2.